The van der Waals surface area contributed by atoms with E-state index >= 15 is 0 Å². The van der Waals surface area contributed by atoms with Gasteiger partial charge in [0, 0.05) is 25.7 Å². The molecule has 2 atom stereocenters. The van der Waals surface area contributed by atoms with Crippen molar-refractivity contribution in [3.63, 3.8) is 0 Å². The fraction of sp³-hybridized carbons (Fsp3) is 0.882. The lowest BCUT2D eigenvalue weighted by Gasteiger charge is -2.38. The maximum absolute atomic E-state index is 13.1. The van der Waals surface area contributed by atoms with Gasteiger partial charge in [-0.1, -0.05) is 6.92 Å². The zero-order chi connectivity index (χ0) is 17.5. The summed E-state index contributed by atoms with van der Waals surface area (Å²) in [5.41, 5.74) is -0.911. The second-order valence-corrected chi connectivity index (χ2v) is 9.84. The molecule has 0 aromatic carbocycles. The van der Waals surface area contributed by atoms with Gasteiger partial charge >= 0.3 is 0 Å². The first-order valence-electron chi connectivity index (χ1n) is 9.09. The monoisotopic (exact) mass is 356 g/mol. The lowest BCUT2D eigenvalue weighted by molar-refractivity contribution is -0.152. The molecule has 0 aromatic rings. The zero-order valence-electron chi connectivity index (χ0n) is 14.7. The van der Waals surface area contributed by atoms with Crippen LogP contribution < -0.4 is 0 Å². The Kier molecular flexibility index (Phi) is 4.66. The number of hydrogen-bond donors (Lipinski definition) is 0. The van der Waals surface area contributed by atoms with Crippen LogP contribution in [0.1, 0.15) is 51.9 Å². The van der Waals surface area contributed by atoms with E-state index in [0.717, 1.165) is 32.2 Å². The highest BCUT2D eigenvalue weighted by molar-refractivity contribution is 7.91. The number of amides is 2. The van der Waals surface area contributed by atoms with Crippen molar-refractivity contribution in [2.45, 2.75) is 64.0 Å². The van der Waals surface area contributed by atoms with Gasteiger partial charge in [-0.2, -0.15) is 0 Å². The van der Waals surface area contributed by atoms with Gasteiger partial charge in [0.15, 0.2) is 9.84 Å². The summed E-state index contributed by atoms with van der Waals surface area (Å²) in [5.74, 6) is -0.0251. The van der Waals surface area contributed by atoms with Crippen molar-refractivity contribution < 1.29 is 18.0 Å². The van der Waals surface area contributed by atoms with Gasteiger partial charge in [-0.25, -0.2) is 8.42 Å². The lowest BCUT2D eigenvalue weighted by Crippen LogP contribution is -2.52. The molecule has 0 radical (unpaired) electrons. The molecule has 0 aromatic heterocycles. The van der Waals surface area contributed by atoms with Gasteiger partial charge in [0.25, 0.3) is 0 Å². The molecule has 3 rings (SSSR count). The number of carbonyl (C=O) groups is 2. The highest BCUT2D eigenvalue weighted by Crippen LogP contribution is 2.50. The molecule has 2 heterocycles. The standard InChI is InChI=1S/C17H28N2O4S/c1-3-13-6-4-5-10-19(13)16(21)17(8-9-17)15(20)18(2)14-7-11-24(22,23)12-14/h13-14H,3-12H2,1-2H3. The fourth-order valence-electron chi connectivity index (χ4n) is 4.20. The van der Waals surface area contributed by atoms with Crippen LogP contribution in [0.5, 0.6) is 0 Å². The average Bonchev–Trinajstić information content (AvgIpc) is 3.31. The quantitative estimate of drug-likeness (QED) is 0.710. The normalized spacial score (nSPS) is 30.8. The Morgan fingerprint density at radius 2 is 1.92 bits per heavy atom. The molecule has 2 unspecified atom stereocenters. The zero-order valence-corrected chi connectivity index (χ0v) is 15.5. The van der Waals surface area contributed by atoms with Gasteiger partial charge in [0.2, 0.25) is 11.8 Å². The molecule has 2 amide bonds. The van der Waals surface area contributed by atoms with Gasteiger partial charge in [-0.05, 0) is 44.9 Å². The average molecular weight is 356 g/mol. The van der Waals surface area contributed by atoms with Crippen molar-refractivity contribution in [1.82, 2.24) is 9.80 Å². The van der Waals surface area contributed by atoms with Crippen LogP contribution in [0.25, 0.3) is 0 Å². The second-order valence-electron chi connectivity index (χ2n) is 7.61. The van der Waals surface area contributed by atoms with Gasteiger partial charge in [-0.15, -0.1) is 0 Å². The molecule has 2 aliphatic heterocycles. The summed E-state index contributed by atoms with van der Waals surface area (Å²) in [6.45, 7) is 2.83. The van der Waals surface area contributed by atoms with Gasteiger partial charge < -0.3 is 9.80 Å². The summed E-state index contributed by atoms with van der Waals surface area (Å²) in [6, 6.07) is -0.0372. The smallest absolute Gasteiger partial charge is 0.238 e. The third-order valence-electron chi connectivity index (χ3n) is 6.00. The first-order valence-corrected chi connectivity index (χ1v) is 10.9. The van der Waals surface area contributed by atoms with E-state index in [1.165, 1.54) is 0 Å². The highest BCUT2D eigenvalue weighted by Gasteiger charge is 2.60. The maximum Gasteiger partial charge on any atom is 0.238 e. The van der Waals surface area contributed by atoms with E-state index in [4.69, 9.17) is 0 Å². The van der Waals surface area contributed by atoms with E-state index in [0.29, 0.717) is 19.3 Å². The molecule has 24 heavy (non-hydrogen) atoms. The van der Waals surface area contributed by atoms with E-state index in [1.54, 1.807) is 11.9 Å². The summed E-state index contributed by atoms with van der Waals surface area (Å²) < 4.78 is 23.4. The summed E-state index contributed by atoms with van der Waals surface area (Å²) in [6.07, 6.45) is 5.77. The molecule has 3 fully saturated rings. The third-order valence-corrected chi connectivity index (χ3v) is 7.75. The largest absolute Gasteiger partial charge is 0.341 e. The van der Waals surface area contributed by atoms with Crippen molar-refractivity contribution in [2.75, 3.05) is 25.1 Å². The Balaban J connectivity index is 1.73. The Morgan fingerprint density at radius 3 is 2.46 bits per heavy atom. The van der Waals surface area contributed by atoms with Crippen molar-refractivity contribution in [3.05, 3.63) is 0 Å². The predicted octanol–water partition coefficient (Wildman–Crippen LogP) is 1.20. The van der Waals surface area contributed by atoms with Crippen LogP contribution in [0, 0.1) is 5.41 Å². The fourth-order valence-corrected chi connectivity index (χ4v) is 5.97. The molecule has 0 spiro atoms. The van der Waals surface area contributed by atoms with E-state index in [1.807, 2.05) is 4.90 Å². The summed E-state index contributed by atoms with van der Waals surface area (Å²) in [7, 11) is -1.38. The van der Waals surface area contributed by atoms with Crippen molar-refractivity contribution in [1.29, 1.82) is 0 Å². The van der Waals surface area contributed by atoms with E-state index in [2.05, 4.69) is 6.92 Å². The molecule has 1 saturated carbocycles. The SMILES string of the molecule is CCC1CCCCN1C(=O)C1(C(=O)N(C)C2CCS(=O)(=O)C2)CC1. The van der Waals surface area contributed by atoms with Crippen LogP contribution >= 0.6 is 0 Å². The summed E-state index contributed by atoms with van der Waals surface area (Å²) in [5, 5.41) is 0. The lowest BCUT2D eigenvalue weighted by atomic mass is 9.95. The number of likely N-dealkylation sites (tertiary alicyclic amines) is 1. The number of nitrogens with zero attached hydrogens (tertiary/aromatic N) is 2. The van der Waals surface area contributed by atoms with Crippen LogP contribution in [0.2, 0.25) is 0 Å². The molecule has 3 aliphatic rings. The van der Waals surface area contributed by atoms with E-state index < -0.39 is 15.3 Å². The molecule has 0 bridgehead atoms. The minimum atomic E-state index is -3.04. The van der Waals surface area contributed by atoms with Gasteiger partial charge in [0.1, 0.15) is 5.41 Å². The van der Waals surface area contributed by atoms with Crippen LogP contribution in [-0.4, -0.2) is 67.2 Å². The summed E-state index contributed by atoms with van der Waals surface area (Å²) in [4.78, 5) is 29.6. The topological polar surface area (TPSA) is 74.8 Å². The van der Waals surface area contributed by atoms with E-state index in [-0.39, 0.29) is 35.4 Å². The minimum Gasteiger partial charge on any atom is -0.341 e. The first kappa shape index (κ1) is 17.7. The maximum atomic E-state index is 13.1. The number of piperidine rings is 1. The molecular formula is C17H28N2O4S. The Labute approximate surface area is 144 Å². The molecule has 1 aliphatic carbocycles. The van der Waals surface area contributed by atoms with Crippen molar-refractivity contribution in [3.8, 4) is 0 Å². The van der Waals surface area contributed by atoms with Crippen molar-refractivity contribution >= 4 is 21.7 Å². The van der Waals surface area contributed by atoms with Gasteiger partial charge in [-0.3, -0.25) is 9.59 Å². The predicted molar refractivity (Wildman–Crippen MR) is 91.1 cm³/mol. The number of hydrogen-bond acceptors (Lipinski definition) is 4. The number of rotatable bonds is 4. The van der Waals surface area contributed by atoms with E-state index in [9.17, 15) is 18.0 Å². The number of sulfone groups is 1. The number of carbonyl (C=O) groups excluding carboxylic acids is 2. The summed E-state index contributed by atoms with van der Waals surface area (Å²) >= 11 is 0. The Morgan fingerprint density at radius 1 is 1.21 bits per heavy atom. The van der Waals surface area contributed by atoms with Crippen LogP contribution in [0.15, 0.2) is 0 Å². The highest BCUT2D eigenvalue weighted by atomic mass is 32.2. The van der Waals surface area contributed by atoms with Crippen LogP contribution in [0.3, 0.4) is 0 Å². The third kappa shape index (κ3) is 3.07. The molecule has 6 nitrogen and oxygen atoms in total. The molecular weight excluding hydrogens is 328 g/mol. The van der Waals surface area contributed by atoms with Crippen molar-refractivity contribution in [2.24, 2.45) is 5.41 Å². The second kappa shape index (κ2) is 6.32. The molecule has 136 valence electrons. The molecule has 2 saturated heterocycles. The minimum absolute atomic E-state index is 0.0215. The van der Waals surface area contributed by atoms with Gasteiger partial charge in [0.05, 0.1) is 11.5 Å². The Bertz CT molecular complexity index is 627. The Hall–Kier alpha value is -1.11. The molecule has 0 N–H and O–H groups in total. The van der Waals surface area contributed by atoms with Crippen LogP contribution in [0.4, 0.5) is 0 Å². The first-order chi connectivity index (χ1) is 11.3. The molecule has 7 heteroatoms. The van der Waals surface area contributed by atoms with Crippen LogP contribution in [-0.2, 0) is 19.4 Å².